The summed E-state index contributed by atoms with van der Waals surface area (Å²) in [7, 11) is 0. The zero-order chi connectivity index (χ0) is 15.4. The van der Waals surface area contributed by atoms with E-state index in [0.717, 1.165) is 12.8 Å². The predicted molar refractivity (Wildman–Crippen MR) is 80.0 cm³/mol. The van der Waals surface area contributed by atoms with Crippen molar-refractivity contribution in [2.75, 3.05) is 4.90 Å². The van der Waals surface area contributed by atoms with Crippen molar-refractivity contribution in [3.05, 3.63) is 29.8 Å². The van der Waals surface area contributed by atoms with E-state index in [4.69, 9.17) is 0 Å². The summed E-state index contributed by atoms with van der Waals surface area (Å²) in [5.74, 6) is -0.502. The van der Waals surface area contributed by atoms with Crippen LogP contribution in [-0.4, -0.2) is 23.8 Å². The highest BCUT2D eigenvalue weighted by Crippen LogP contribution is 2.22. The first-order valence-corrected chi connectivity index (χ1v) is 7.33. The van der Waals surface area contributed by atoms with Crippen molar-refractivity contribution in [1.29, 1.82) is 0 Å². The van der Waals surface area contributed by atoms with Gasteiger partial charge in [-0.15, -0.1) is 0 Å². The van der Waals surface area contributed by atoms with Gasteiger partial charge in [-0.25, -0.2) is 0 Å². The van der Waals surface area contributed by atoms with E-state index in [1.807, 2.05) is 13.8 Å². The standard InChI is InChI=1S/C16H20N2O3/c1-3-12(4-2)17-16(21)11-5-7-13(8-6-11)18-14(19)9-10-15(18)20/h5-8,12H,3-4,9-10H2,1-2H3,(H,17,21). The van der Waals surface area contributed by atoms with Crippen LogP contribution in [0, 0.1) is 0 Å². The predicted octanol–water partition coefficient (Wildman–Crippen LogP) is 2.26. The molecule has 5 heteroatoms. The lowest BCUT2D eigenvalue weighted by atomic mass is 10.1. The van der Waals surface area contributed by atoms with Crippen LogP contribution >= 0.6 is 0 Å². The average molecular weight is 288 g/mol. The molecule has 3 amide bonds. The lowest BCUT2D eigenvalue weighted by molar-refractivity contribution is -0.121. The Hall–Kier alpha value is -2.17. The summed E-state index contributed by atoms with van der Waals surface area (Å²) in [4.78, 5) is 36.6. The Balaban J connectivity index is 2.10. The Morgan fingerprint density at radius 2 is 1.62 bits per heavy atom. The molecule has 0 saturated carbocycles. The van der Waals surface area contributed by atoms with Gasteiger partial charge >= 0.3 is 0 Å². The monoisotopic (exact) mass is 288 g/mol. The fourth-order valence-corrected chi connectivity index (χ4v) is 2.39. The van der Waals surface area contributed by atoms with E-state index in [0.29, 0.717) is 11.3 Å². The number of carbonyl (C=O) groups is 3. The van der Waals surface area contributed by atoms with E-state index >= 15 is 0 Å². The van der Waals surface area contributed by atoms with Crippen LogP contribution in [0.2, 0.25) is 0 Å². The molecule has 112 valence electrons. The van der Waals surface area contributed by atoms with Crippen molar-refractivity contribution < 1.29 is 14.4 Å². The van der Waals surface area contributed by atoms with Crippen LogP contribution in [0.15, 0.2) is 24.3 Å². The lowest BCUT2D eigenvalue weighted by Crippen LogP contribution is -2.34. The van der Waals surface area contributed by atoms with Crippen LogP contribution in [-0.2, 0) is 9.59 Å². The van der Waals surface area contributed by atoms with Crippen molar-refractivity contribution >= 4 is 23.4 Å². The number of nitrogens with zero attached hydrogens (tertiary/aromatic N) is 1. The summed E-state index contributed by atoms with van der Waals surface area (Å²) in [6.07, 6.45) is 2.29. The van der Waals surface area contributed by atoms with Crippen LogP contribution < -0.4 is 10.2 Å². The second-order valence-corrected chi connectivity index (χ2v) is 5.16. The number of carbonyl (C=O) groups excluding carboxylic acids is 3. The van der Waals surface area contributed by atoms with E-state index in [1.54, 1.807) is 24.3 Å². The van der Waals surface area contributed by atoms with Gasteiger partial charge in [0.15, 0.2) is 0 Å². The molecule has 1 N–H and O–H groups in total. The summed E-state index contributed by atoms with van der Waals surface area (Å²) in [6, 6.07) is 6.74. The van der Waals surface area contributed by atoms with Crippen molar-refractivity contribution in [2.45, 2.75) is 45.6 Å². The molecule has 0 bridgehead atoms. The minimum absolute atomic E-state index is 0.130. The van der Waals surface area contributed by atoms with Gasteiger partial charge in [-0.3, -0.25) is 19.3 Å². The maximum Gasteiger partial charge on any atom is 0.251 e. The van der Waals surface area contributed by atoms with Gasteiger partial charge in [-0.2, -0.15) is 0 Å². The Morgan fingerprint density at radius 3 is 2.10 bits per heavy atom. The first-order chi connectivity index (χ1) is 10.1. The highest BCUT2D eigenvalue weighted by Gasteiger charge is 2.30. The number of hydrogen-bond donors (Lipinski definition) is 1. The minimum atomic E-state index is -0.186. The smallest absolute Gasteiger partial charge is 0.251 e. The number of anilines is 1. The van der Waals surface area contributed by atoms with Crippen LogP contribution in [0.5, 0.6) is 0 Å². The Labute approximate surface area is 124 Å². The molecular weight excluding hydrogens is 268 g/mol. The molecule has 0 spiro atoms. The van der Waals surface area contributed by atoms with Gasteiger partial charge in [0.25, 0.3) is 5.91 Å². The maximum absolute atomic E-state index is 12.1. The summed E-state index contributed by atoms with van der Waals surface area (Å²) in [6.45, 7) is 4.06. The number of hydrogen-bond acceptors (Lipinski definition) is 3. The fraction of sp³-hybridized carbons (Fsp3) is 0.438. The van der Waals surface area contributed by atoms with E-state index in [9.17, 15) is 14.4 Å². The summed E-state index contributed by atoms with van der Waals surface area (Å²) < 4.78 is 0. The van der Waals surface area contributed by atoms with E-state index < -0.39 is 0 Å². The second kappa shape index (κ2) is 6.52. The van der Waals surface area contributed by atoms with Crippen molar-refractivity contribution in [2.24, 2.45) is 0 Å². The molecule has 1 aliphatic heterocycles. The quantitative estimate of drug-likeness (QED) is 0.845. The molecule has 1 aromatic rings. The fourth-order valence-electron chi connectivity index (χ4n) is 2.39. The highest BCUT2D eigenvalue weighted by molar-refractivity contribution is 6.19. The number of nitrogens with one attached hydrogen (secondary N) is 1. The summed E-state index contributed by atoms with van der Waals surface area (Å²) in [5.41, 5.74) is 1.06. The Kier molecular flexibility index (Phi) is 4.73. The topological polar surface area (TPSA) is 66.5 Å². The molecule has 0 aliphatic carbocycles. The molecule has 1 heterocycles. The highest BCUT2D eigenvalue weighted by atomic mass is 16.2. The molecule has 5 nitrogen and oxygen atoms in total. The normalized spacial score (nSPS) is 14.9. The van der Waals surface area contributed by atoms with Crippen LogP contribution in [0.25, 0.3) is 0 Å². The Morgan fingerprint density at radius 1 is 1.10 bits per heavy atom. The molecular formula is C16H20N2O3. The maximum atomic E-state index is 12.1. The van der Waals surface area contributed by atoms with Crippen molar-refractivity contribution in [3.63, 3.8) is 0 Å². The molecule has 1 saturated heterocycles. The Bertz CT molecular complexity index is 531. The minimum Gasteiger partial charge on any atom is -0.349 e. The van der Waals surface area contributed by atoms with E-state index in [-0.39, 0.29) is 36.6 Å². The number of imide groups is 1. The number of rotatable bonds is 5. The zero-order valence-electron chi connectivity index (χ0n) is 12.4. The average Bonchev–Trinajstić information content (AvgIpc) is 2.84. The van der Waals surface area contributed by atoms with Gasteiger partial charge in [0.2, 0.25) is 11.8 Å². The molecule has 1 aliphatic rings. The third-order valence-electron chi connectivity index (χ3n) is 3.76. The zero-order valence-corrected chi connectivity index (χ0v) is 12.4. The third-order valence-corrected chi connectivity index (χ3v) is 3.76. The third kappa shape index (κ3) is 3.29. The van der Waals surface area contributed by atoms with Gasteiger partial charge in [0.05, 0.1) is 5.69 Å². The molecule has 21 heavy (non-hydrogen) atoms. The molecule has 0 unspecified atom stereocenters. The second-order valence-electron chi connectivity index (χ2n) is 5.16. The van der Waals surface area contributed by atoms with Crippen molar-refractivity contribution in [1.82, 2.24) is 5.32 Å². The first kappa shape index (κ1) is 15.2. The van der Waals surface area contributed by atoms with E-state index in [1.165, 1.54) is 4.90 Å². The van der Waals surface area contributed by atoms with Gasteiger partial charge in [0, 0.05) is 24.4 Å². The van der Waals surface area contributed by atoms with E-state index in [2.05, 4.69) is 5.32 Å². The van der Waals surface area contributed by atoms with Crippen LogP contribution in [0.4, 0.5) is 5.69 Å². The van der Waals surface area contributed by atoms with Crippen molar-refractivity contribution in [3.8, 4) is 0 Å². The lowest BCUT2D eigenvalue weighted by Gasteiger charge is -2.16. The molecule has 2 rings (SSSR count). The largest absolute Gasteiger partial charge is 0.349 e. The van der Waals surface area contributed by atoms with Crippen LogP contribution in [0.1, 0.15) is 49.9 Å². The van der Waals surface area contributed by atoms with Gasteiger partial charge < -0.3 is 5.32 Å². The summed E-state index contributed by atoms with van der Waals surface area (Å²) in [5, 5.41) is 2.95. The number of amides is 3. The SMILES string of the molecule is CCC(CC)NC(=O)c1ccc(N2C(=O)CCC2=O)cc1. The summed E-state index contributed by atoms with van der Waals surface area (Å²) >= 11 is 0. The van der Waals surface area contributed by atoms with Gasteiger partial charge in [-0.1, -0.05) is 13.8 Å². The first-order valence-electron chi connectivity index (χ1n) is 7.33. The molecule has 1 fully saturated rings. The molecule has 0 aromatic heterocycles. The van der Waals surface area contributed by atoms with Crippen LogP contribution in [0.3, 0.4) is 0 Å². The number of benzene rings is 1. The van der Waals surface area contributed by atoms with Gasteiger partial charge in [0.1, 0.15) is 0 Å². The molecule has 1 aromatic carbocycles. The molecule has 0 atom stereocenters. The molecule has 0 radical (unpaired) electrons. The van der Waals surface area contributed by atoms with Gasteiger partial charge in [-0.05, 0) is 37.1 Å².